The van der Waals surface area contributed by atoms with Crippen molar-refractivity contribution in [3.8, 4) is 0 Å². The first-order valence-electron chi connectivity index (χ1n) is 14.2. The molecule has 0 amide bonds. The van der Waals surface area contributed by atoms with Gasteiger partial charge in [-0.25, -0.2) is 0 Å². The third-order valence-electron chi connectivity index (χ3n) is 8.27. The van der Waals surface area contributed by atoms with Crippen LogP contribution < -0.4 is 0 Å². The molecule has 0 heterocycles. The lowest BCUT2D eigenvalue weighted by Crippen LogP contribution is -2.50. The van der Waals surface area contributed by atoms with Crippen LogP contribution in [0.1, 0.15) is 101 Å². The second-order valence-corrected chi connectivity index (χ2v) is 16.9. The highest BCUT2D eigenvalue weighted by Gasteiger charge is 2.54. The van der Waals surface area contributed by atoms with Crippen LogP contribution in [-0.4, -0.2) is 29.6 Å². The molecule has 0 aromatic rings. The third-order valence-corrected chi connectivity index (χ3v) is 13.9. The Kier molecular flexibility index (Phi) is 5.70. The van der Waals surface area contributed by atoms with E-state index in [0.29, 0.717) is 30.3 Å². The van der Waals surface area contributed by atoms with Crippen LogP contribution in [0.3, 0.4) is 0 Å². The predicted octanol–water partition coefficient (Wildman–Crippen LogP) is 7.59. The molecule has 0 bridgehead atoms. The summed E-state index contributed by atoms with van der Waals surface area (Å²) in [5.41, 5.74) is -2.45. The summed E-state index contributed by atoms with van der Waals surface area (Å²) in [4.78, 5) is 0. The smallest absolute Gasteiger partial charge is 0.192 e. The minimum Gasteiger partial charge on any atom is -0.414 e. The van der Waals surface area contributed by atoms with E-state index in [0.717, 1.165) is 23.7 Å². The number of hydrogen-bond acceptors (Lipinski definition) is 2. The van der Waals surface area contributed by atoms with Gasteiger partial charge in [-0.1, -0.05) is 63.1 Å². The van der Waals surface area contributed by atoms with Crippen LogP contribution in [0, 0.1) is 23.2 Å². The van der Waals surface area contributed by atoms with Crippen molar-refractivity contribution < 1.29 is 17.8 Å². The average molecular weight is 529 g/mol. The Balaban J connectivity index is 2.13. The molecule has 1 unspecified atom stereocenters. The Morgan fingerprint density at radius 2 is 1.93 bits per heavy atom. The summed E-state index contributed by atoms with van der Waals surface area (Å²) in [5, 5.41) is 10.8. The van der Waals surface area contributed by atoms with E-state index in [4.69, 9.17) is 12.7 Å². The van der Waals surface area contributed by atoms with Crippen molar-refractivity contribution in [2.75, 3.05) is 4.43 Å². The maximum absolute atomic E-state index is 10.6. The first-order chi connectivity index (χ1) is 15.2. The first-order valence-corrected chi connectivity index (χ1v) is 15.6. The van der Waals surface area contributed by atoms with Gasteiger partial charge in [0.25, 0.3) is 0 Å². The molecule has 0 radical (unpaired) electrons. The molecule has 2 aliphatic carbocycles. The van der Waals surface area contributed by atoms with Gasteiger partial charge in [0.05, 0.1) is 5.60 Å². The maximum Gasteiger partial charge on any atom is 0.192 e. The van der Waals surface area contributed by atoms with Gasteiger partial charge in [0, 0.05) is 18.8 Å². The van der Waals surface area contributed by atoms with E-state index in [1.54, 1.807) is 0 Å². The summed E-state index contributed by atoms with van der Waals surface area (Å²) in [7, 11) is -1.86. The molecule has 0 saturated heterocycles. The van der Waals surface area contributed by atoms with Crippen molar-refractivity contribution in [2.24, 2.45) is 23.2 Å². The Hall–Kier alpha value is 0.867. The normalized spacial score (nSPS) is 37.1. The van der Waals surface area contributed by atoms with Crippen LogP contribution in [0.25, 0.3) is 0 Å². The molecule has 0 spiro atoms. The SMILES string of the molecule is [2H]C([2H])([2H])C(O)(CCCC(CI)[C@H]1CC[C@H]2[C@@H](O[Si](C)(C)C(C)(C)C)CCC[C@]12C)C([2H])([2H])[2H]. The highest BCUT2D eigenvalue weighted by Crippen LogP contribution is 2.59. The molecule has 2 aliphatic rings. The van der Waals surface area contributed by atoms with Crippen molar-refractivity contribution in [1.29, 1.82) is 0 Å². The van der Waals surface area contributed by atoms with E-state index in [9.17, 15) is 5.11 Å². The standard InChI is InChI=1S/C24H47IO2Si/c1-22(2,3)28(7,8)27-21-12-10-16-24(6)19(13-14-20(21)24)18(17-25)11-9-15-23(4,5)26/h18-21,26H,9-17H2,1-8H3/t18?,19-,20+,21+,24-/m1/s1/i4D3,5D3. The molecule has 2 saturated carbocycles. The number of aliphatic hydroxyl groups is 1. The van der Waals surface area contributed by atoms with Crippen LogP contribution in [0.15, 0.2) is 0 Å². The molecule has 5 atom stereocenters. The monoisotopic (exact) mass is 528 g/mol. The summed E-state index contributed by atoms with van der Waals surface area (Å²) in [6, 6.07) is 0. The summed E-state index contributed by atoms with van der Waals surface area (Å²) in [5.74, 6) is 1.46. The lowest BCUT2D eigenvalue weighted by molar-refractivity contribution is -0.0211. The van der Waals surface area contributed by atoms with Crippen molar-refractivity contribution in [2.45, 2.75) is 123 Å². The van der Waals surface area contributed by atoms with Crippen molar-refractivity contribution in [3.63, 3.8) is 0 Å². The fourth-order valence-electron chi connectivity index (χ4n) is 5.64. The molecule has 0 aromatic carbocycles. The zero-order valence-electron chi connectivity index (χ0n) is 24.9. The molecule has 28 heavy (non-hydrogen) atoms. The van der Waals surface area contributed by atoms with Gasteiger partial charge in [-0.05, 0) is 93.5 Å². The Morgan fingerprint density at radius 1 is 1.25 bits per heavy atom. The number of halogens is 1. The summed E-state index contributed by atoms with van der Waals surface area (Å²) < 4.78 is 53.8. The van der Waals surface area contributed by atoms with E-state index >= 15 is 0 Å². The second kappa shape index (κ2) is 9.16. The van der Waals surface area contributed by atoms with Crippen LogP contribution in [0.2, 0.25) is 18.1 Å². The molecule has 2 nitrogen and oxygen atoms in total. The van der Waals surface area contributed by atoms with Crippen LogP contribution in [0.5, 0.6) is 0 Å². The van der Waals surface area contributed by atoms with Crippen LogP contribution in [0.4, 0.5) is 0 Å². The summed E-state index contributed by atoms with van der Waals surface area (Å²) in [6.45, 7) is 8.16. The van der Waals surface area contributed by atoms with Gasteiger partial charge in [0.15, 0.2) is 8.32 Å². The van der Waals surface area contributed by atoms with E-state index in [1.807, 2.05) is 0 Å². The number of rotatable bonds is 8. The molecular formula is C24H47IO2Si. The summed E-state index contributed by atoms with van der Waals surface area (Å²) >= 11 is 2.43. The van der Waals surface area contributed by atoms with Gasteiger partial charge >= 0.3 is 0 Å². The lowest BCUT2D eigenvalue weighted by Gasteiger charge is -2.50. The molecule has 1 N–H and O–H groups in total. The topological polar surface area (TPSA) is 29.5 Å². The fraction of sp³-hybridized carbons (Fsp3) is 1.00. The van der Waals surface area contributed by atoms with E-state index in [1.165, 1.54) is 19.3 Å². The minimum atomic E-state index is -2.93. The van der Waals surface area contributed by atoms with Crippen molar-refractivity contribution in [1.82, 2.24) is 0 Å². The minimum absolute atomic E-state index is 0.186. The molecule has 0 aliphatic heterocycles. The fourth-order valence-corrected chi connectivity index (χ4v) is 8.08. The largest absolute Gasteiger partial charge is 0.414 e. The van der Waals surface area contributed by atoms with Crippen molar-refractivity contribution >= 4 is 30.9 Å². The van der Waals surface area contributed by atoms with Gasteiger partial charge in [0.2, 0.25) is 0 Å². The third kappa shape index (κ3) is 5.76. The van der Waals surface area contributed by atoms with Gasteiger partial charge < -0.3 is 9.53 Å². The summed E-state index contributed by atoms with van der Waals surface area (Å²) in [6.07, 6.45) is 7.07. The maximum atomic E-state index is 10.6. The number of hydrogen-bond donors (Lipinski definition) is 1. The Bertz CT molecular complexity index is 676. The number of alkyl halides is 1. The van der Waals surface area contributed by atoms with E-state index in [-0.39, 0.29) is 16.9 Å². The van der Waals surface area contributed by atoms with E-state index < -0.39 is 27.6 Å². The number of fused-ring (bicyclic) bond motifs is 1. The van der Waals surface area contributed by atoms with Crippen LogP contribution in [-0.2, 0) is 4.43 Å². The molecule has 2 rings (SSSR count). The molecular weight excluding hydrogens is 475 g/mol. The molecule has 0 aromatic heterocycles. The first kappa shape index (κ1) is 17.4. The lowest BCUT2D eigenvalue weighted by atomic mass is 9.61. The van der Waals surface area contributed by atoms with Gasteiger partial charge in [0.1, 0.15) is 0 Å². The highest BCUT2D eigenvalue weighted by atomic mass is 127. The van der Waals surface area contributed by atoms with Crippen molar-refractivity contribution in [3.05, 3.63) is 0 Å². The average Bonchev–Trinajstić information content (AvgIpc) is 3.00. The van der Waals surface area contributed by atoms with Gasteiger partial charge in [-0.15, -0.1) is 0 Å². The van der Waals surface area contributed by atoms with Crippen LogP contribution >= 0.6 is 22.6 Å². The Labute approximate surface area is 198 Å². The molecule has 166 valence electrons. The molecule has 4 heteroatoms. The van der Waals surface area contributed by atoms with E-state index in [2.05, 4.69) is 63.4 Å². The van der Waals surface area contributed by atoms with Gasteiger partial charge in [-0.3, -0.25) is 0 Å². The Morgan fingerprint density at radius 3 is 2.50 bits per heavy atom. The highest BCUT2D eigenvalue weighted by molar-refractivity contribution is 14.1. The van der Waals surface area contributed by atoms with Gasteiger partial charge in [-0.2, -0.15) is 0 Å². The second-order valence-electron chi connectivity index (χ2n) is 11.3. The molecule has 2 fully saturated rings. The predicted molar refractivity (Wildman–Crippen MR) is 133 cm³/mol. The zero-order valence-corrected chi connectivity index (χ0v) is 22.1. The zero-order chi connectivity index (χ0) is 26.4. The quantitative estimate of drug-likeness (QED) is 0.200.